The lowest BCUT2D eigenvalue weighted by atomic mass is 10.0. The summed E-state index contributed by atoms with van der Waals surface area (Å²) in [5, 5.41) is 0. The van der Waals surface area contributed by atoms with E-state index in [-0.39, 0.29) is 31.1 Å². The molecule has 148 valence electrons. The number of unbranched alkanes of at least 4 members (excludes halogenated alkanes) is 13. The summed E-state index contributed by atoms with van der Waals surface area (Å²) in [7, 11) is 0. The first-order valence-corrected chi connectivity index (χ1v) is 10.6. The van der Waals surface area contributed by atoms with Crippen molar-refractivity contribution in [2.75, 3.05) is 13.2 Å². The Hall–Kier alpha value is -0.900. The predicted octanol–water partition coefficient (Wildman–Crippen LogP) is 5.32. The zero-order valence-electron chi connectivity index (χ0n) is 16.5. The average Bonchev–Trinajstić information content (AvgIpc) is 2.62. The van der Waals surface area contributed by atoms with Gasteiger partial charge in [-0.3, -0.25) is 9.59 Å². The molecule has 0 atom stereocenters. The van der Waals surface area contributed by atoms with Crippen LogP contribution in [-0.2, 0) is 14.3 Å². The fourth-order valence-electron chi connectivity index (χ4n) is 2.90. The molecular formula is C21H41NO3. The molecule has 0 fully saturated rings. The van der Waals surface area contributed by atoms with Crippen LogP contribution in [0.25, 0.3) is 0 Å². The Morgan fingerprint density at radius 1 is 0.680 bits per heavy atom. The van der Waals surface area contributed by atoms with Gasteiger partial charge in [-0.15, -0.1) is 0 Å². The number of Topliss-reactive ketones (excluding diaryl/α,β-unsaturated/α-hetero) is 1. The van der Waals surface area contributed by atoms with E-state index >= 15 is 0 Å². The first kappa shape index (κ1) is 24.1. The van der Waals surface area contributed by atoms with Crippen molar-refractivity contribution in [2.24, 2.45) is 5.73 Å². The van der Waals surface area contributed by atoms with Crippen LogP contribution < -0.4 is 5.73 Å². The summed E-state index contributed by atoms with van der Waals surface area (Å²) in [5.41, 5.74) is 5.19. The van der Waals surface area contributed by atoms with Crippen LogP contribution in [-0.4, -0.2) is 24.9 Å². The molecule has 4 heteroatoms. The minimum atomic E-state index is -0.281. The van der Waals surface area contributed by atoms with Crippen LogP contribution in [0.5, 0.6) is 0 Å². The fraction of sp³-hybridized carbons (Fsp3) is 0.905. The van der Waals surface area contributed by atoms with Crippen LogP contribution in [0.2, 0.25) is 0 Å². The third-order valence-corrected chi connectivity index (χ3v) is 4.60. The van der Waals surface area contributed by atoms with E-state index in [1.54, 1.807) is 0 Å². The van der Waals surface area contributed by atoms with E-state index in [0.717, 1.165) is 12.8 Å². The number of carbonyl (C=O) groups is 2. The highest BCUT2D eigenvalue weighted by Crippen LogP contribution is 2.13. The molecule has 0 aliphatic carbocycles. The summed E-state index contributed by atoms with van der Waals surface area (Å²) in [6, 6.07) is 0. The van der Waals surface area contributed by atoms with Gasteiger partial charge in [0.1, 0.15) is 5.78 Å². The van der Waals surface area contributed by atoms with Crippen molar-refractivity contribution in [2.45, 2.75) is 110 Å². The van der Waals surface area contributed by atoms with Gasteiger partial charge in [0.05, 0.1) is 19.6 Å². The Labute approximate surface area is 155 Å². The fourth-order valence-corrected chi connectivity index (χ4v) is 2.90. The molecule has 0 aliphatic rings. The molecule has 0 rings (SSSR count). The normalized spacial score (nSPS) is 10.8. The molecule has 2 N–H and O–H groups in total. The zero-order chi connectivity index (χ0) is 18.6. The third-order valence-electron chi connectivity index (χ3n) is 4.60. The largest absolute Gasteiger partial charge is 0.466 e. The number of esters is 1. The summed E-state index contributed by atoms with van der Waals surface area (Å²) in [5.74, 6) is -0.370. The minimum Gasteiger partial charge on any atom is -0.466 e. The van der Waals surface area contributed by atoms with Crippen molar-refractivity contribution < 1.29 is 14.3 Å². The summed E-state index contributed by atoms with van der Waals surface area (Å²) in [6.07, 6.45) is 18.8. The Morgan fingerprint density at radius 3 is 1.56 bits per heavy atom. The molecule has 0 amide bonds. The predicted molar refractivity (Wildman–Crippen MR) is 105 cm³/mol. The molecule has 0 aromatic rings. The number of ether oxygens (including phenoxy) is 1. The molecule has 0 spiro atoms. The number of hydrogen-bond acceptors (Lipinski definition) is 4. The number of rotatable bonds is 19. The number of carbonyl (C=O) groups excluding carboxylic acids is 2. The Bertz CT molecular complexity index is 318. The Balaban J connectivity index is 3.14. The quantitative estimate of drug-likeness (QED) is 0.251. The summed E-state index contributed by atoms with van der Waals surface area (Å²) < 4.78 is 5.11. The van der Waals surface area contributed by atoms with Gasteiger partial charge in [-0.25, -0.2) is 0 Å². The highest BCUT2D eigenvalue weighted by atomic mass is 16.5. The van der Waals surface area contributed by atoms with Crippen molar-refractivity contribution >= 4 is 11.8 Å². The SMILES string of the molecule is CCCCCCCCCCCCCCCCOC(=O)CCC(=O)CN. The molecule has 0 heterocycles. The number of hydrogen-bond donors (Lipinski definition) is 1. The maximum absolute atomic E-state index is 11.4. The lowest BCUT2D eigenvalue weighted by Gasteiger charge is -2.05. The second-order valence-corrected chi connectivity index (χ2v) is 7.06. The highest BCUT2D eigenvalue weighted by molar-refractivity contribution is 5.84. The second kappa shape index (κ2) is 19.4. The molecule has 0 bridgehead atoms. The van der Waals surface area contributed by atoms with Crippen molar-refractivity contribution in [1.82, 2.24) is 0 Å². The Morgan fingerprint density at radius 2 is 1.12 bits per heavy atom. The summed E-state index contributed by atoms with van der Waals surface area (Å²) >= 11 is 0. The lowest BCUT2D eigenvalue weighted by molar-refractivity contribution is -0.144. The van der Waals surface area contributed by atoms with E-state index in [9.17, 15) is 9.59 Å². The maximum atomic E-state index is 11.4. The third kappa shape index (κ3) is 19.3. The lowest BCUT2D eigenvalue weighted by Crippen LogP contribution is -2.15. The van der Waals surface area contributed by atoms with E-state index in [2.05, 4.69) is 6.92 Å². The Kier molecular flexibility index (Phi) is 18.7. The van der Waals surface area contributed by atoms with Crippen LogP contribution in [0, 0.1) is 0 Å². The van der Waals surface area contributed by atoms with Crippen LogP contribution >= 0.6 is 0 Å². The van der Waals surface area contributed by atoms with Gasteiger partial charge < -0.3 is 10.5 Å². The first-order valence-electron chi connectivity index (χ1n) is 10.6. The monoisotopic (exact) mass is 355 g/mol. The van der Waals surface area contributed by atoms with Gasteiger partial charge in [-0.2, -0.15) is 0 Å². The second-order valence-electron chi connectivity index (χ2n) is 7.06. The summed E-state index contributed by atoms with van der Waals surface area (Å²) in [6.45, 7) is 2.75. The zero-order valence-corrected chi connectivity index (χ0v) is 16.5. The summed E-state index contributed by atoms with van der Waals surface area (Å²) in [4.78, 5) is 22.4. The van der Waals surface area contributed by atoms with Crippen LogP contribution in [0.3, 0.4) is 0 Å². The van der Waals surface area contributed by atoms with Gasteiger partial charge in [-0.05, 0) is 6.42 Å². The van der Waals surface area contributed by atoms with Crippen LogP contribution in [0.1, 0.15) is 110 Å². The van der Waals surface area contributed by atoms with Gasteiger partial charge in [0.25, 0.3) is 0 Å². The van der Waals surface area contributed by atoms with Crippen molar-refractivity contribution in [1.29, 1.82) is 0 Å². The van der Waals surface area contributed by atoms with Gasteiger partial charge in [0.15, 0.2) is 0 Å². The van der Waals surface area contributed by atoms with Crippen molar-refractivity contribution in [3.05, 3.63) is 0 Å². The van der Waals surface area contributed by atoms with E-state index in [4.69, 9.17) is 10.5 Å². The van der Waals surface area contributed by atoms with Crippen LogP contribution in [0.15, 0.2) is 0 Å². The molecule has 0 aromatic carbocycles. The molecule has 0 radical (unpaired) electrons. The van der Waals surface area contributed by atoms with Gasteiger partial charge in [-0.1, -0.05) is 90.4 Å². The molecule has 0 saturated carbocycles. The van der Waals surface area contributed by atoms with Crippen molar-refractivity contribution in [3.8, 4) is 0 Å². The van der Waals surface area contributed by atoms with Gasteiger partial charge in [0.2, 0.25) is 0 Å². The molecule has 0 aliphatic heterocycles. The standard InChI is InChI=1S/C21H41NO3/c1-2-3-4-5-6-7-8-9-10-11-12-13-14-15-18-25-21(24)17-16-20(23)19-22/h2-19,22H2,1H3. The molecule has 4 nitrogen and oxygen atoms in total. The molecule has 0 unspecified atom stereocenters. The van der Waals surface area contributed by atoms with Crippen LogP contribution in [0.4, 0.5) is 0 Å². The molecule has 0 aromatic heterocycles. The topological polar surface area (TPSA) is 69.4 Å². The number of ketones is 1. The molecular weight excluding hydrogens is 314 g/mol. The van der Waals surface area contributed by atoms with E-state index < -0.39 is 0 Å². The van der Waals surface area contributed by atoms with E-state index in [1.165, 1.54) is 77.0 Å². The van der Waals surface area contributed by atoms with Crippen molar-refractivity contribution in [3.63, 3.8) is 0 Å². The molecule has 0 saturated heterocycles. The highest BCUT2D eigenvalue weighted by Gasteiger charge is 2.06. The first-order chi connectivity index (χ1) is 12.2. The van der Waals surface area contributed by atoms with Gasteiger partial charge in [0, 0.05) is 6.42 Å². The van der Waals surface area contributed by atoms with E-state index in [0.29, 0.717) is 6.61 Å². The average molecular weight is 356 g/mol. The maximum Gasteiger partial charge on any atom is 0.306 e. The smallest absolute Gasteiger partial charge is 0.306 e. The molecule has 25 heavy (non-hydrogen) atoms. The minimum absolute atomic E-state index is 0.00619. The number of nitrogens with two attached hydrogens (primary N) is 1. The van der Waals surface area contributed by atoms with E-state index in [1.807, 2.05) is 0 Å². The van der Waals surface area contributed by atoms with Gasteiger partial charge >= 0.3 is 5.97 Å².